The molecule has 21 heavy (non-hydrogen) atoms. The van der Waals surface area contributed by atoms with E-state index in [0.29, 0.717) is 6.42 Å². The molecule has 3 heterocycles. The largest absolute Gasteiger partial charge is 0.387 e. The topological polar surface area (TPSA) is 119 Å². The maximum Gasteiger partial charge on any atom is 0.280 e. The number of aromatic amines is 1. The van der Waals surface area contributed by atoms with Crippen molar-refractivity contribution in [3.8, 4) is 0 Å². The van der Waals surface area contributed by atoms with E-state index in [9.17, 15) is 14.3 Å². The van der Waals surface area contributed by atoms with Gasteiger partial charge in [-0.1, -0.05) is 6.92 Å². The van der Waals surface area contributed by atoms with E-state index in [4.69, 9.17) is 10.5 Å². The lowest BCUT2D eigenvalue weighted by molar-refractivity contribution is -0.0920. The van der Waals surface area contributed by atoms with Gasteiger partial charge in [-0.15, -0.1) is 0 Å². The Morgan fingerprint density at radius 2 is 2.38 bits per heavy atom. The highest BCUT2D eigenvalue weighted by molar-refractivity contribution is 5.70. The van der Waals surface area contributed by atoms with E-state index in [1.54, 1.807) is 13.8 Å². The predicted molar refractivity (Wildman–Crippen MR) is 72.3 cm³/mol. The van der Waals surface area contributed by atoms with Crippen molar-refractivity contribution in [1.82, 2.24) is 19.5 Å². The van der Waals surface area contributed by atoms with E-state index in [1.165, 1.54) is 10.9 Å². The van der Waals surface area contributed by atoms with Gasteiger partial charge in [0.2, 0.25) is 5.95 Å². The molecule has 114 valence electrons. The Kier molecular flexibility index (Phi) is 2.99. The molecule has 1 fully saturated rings. The number of fused-ring (bicyclic) bond motifs is 1. The third-order valence-electron chi connectivity index (χ3n) is 4.02. The first-order chi connectivity index (χ1) is 9.87. The fourth-order valence-electron chi connectivity index (χ4n) is 2.54. The van der Waals surface area contributed by atoms with Crippen molar-refractivity contribution < 1.29 is 14.2 Å². The zero-order valence-electron chi connectivity index (χ0n) is 11.6. The van der Waals surface area contributed by atoms with Gasteiger partial charge >= 0.3 is 0 Å². The third kappa shape index (κ3) is 1.92. The number of nitrogens with one attached hydrogen (secondary N) is 1. The Bertz CT molecular complexity index is 744. The van der Waals surface area contributed by atoms with Crippen LogP contribution >= 0.6 is 0 Å². The zero-order valence-corrected chi connectivity index (χ0v) is 11.6. The van der Waals surface area contributed by atoms with Crippen molar-refractivity contribution in [3.63, 3.8) is 0 Å². The molecule has 0 saturated carbocycles. The Morgan fingerprint density at radius 3 is 3.00 bits per heavy atom. The molecular weight excluding hydrogens is 281 g/mol. The van der Waals surface area contributed by atoms with Gasteiger partial charge in [0, 0.05) is 0 Å². The number of ether oxygens (including phenoxy) is 1. The second-order valence-electron chi connectivity index (χ2n) is 5.34. The van der Waals surface area contributed by atoms with Crippen LogP contribution in [0.15, 0.2) is 11.1 Å². The first-order valence-electron chi connectivity index (χ1n) is 6.59. The Balaban J connectivity index is 2.12. The number of anilines is 1. The van der Waals surface area contributed by atoms with E-state index in [0.717, 1.165) is 0 Å². The number of imidazole rings is 1. The van der Waals surface area contributed by atoms with Crippen molar-refractivity contribution in [2.45, 2.75) is 44.4 Å². The van der Waals surface area contributed by atoms with Crippen LogP contribution in [-0.4, -0.2) is 42.5 Å². The summed E-state index contributed by atoms with van der Waals surface area (Å²) >= 11 is 0. The van der Waals surface area contributed by atoms with E-state index in [2.05, 4.69) is 15.0 Å². The van der Waals surface area contributed by atoms with Crippen molar-refractivity contribution >= 4 is 17.1 Å². The lowest BCUT2D eigenvalue weighted by atomic mass is 9.95. The third-order valence-corrected chi connectivity index (χ3v) is 4.02. The molecule has 0 radical (unpaired) electrons. The van der Waals surface area contributed by atoms with Crippen LogP contribution < -0.4 is 11.3 Å². The number of nitrogens with two attached hydrogens (primary N) is 1. The fourth-order valence-corrected chi connectivity index (χ4v) is 2.54. The summed E-state index contributed by atoms with van der Waals surface area (Å²) in [5.74, 6) is -0.0959. The number of hydrogen-bond acceptors (Lipinski definition) is 6. The molecule has 2 aromatic heterocycles. The summed E-state index contributed by atoms with van der Waals surface area (Å²) in [7, 11) is 0. The summed E-state index contributed by atoms with van der Waals surface area (Å²) in [6, 6.07) is 0. The lowest BCUT2D eigenvalue weighted by Gasteiger charge is -2.25. The van der Waals surface area contributed by atoms with Crippen LogP contribution in [0.4, 0.5) is 10.3 Å². The molecule has 4 unspecified atom stereocenters. The van der Waals surface area contributed by atoms with E-state index in [1.807, 2.05) is 0 Å². The second-order valence-corrected chi connectivity index (χ2v) is 5.34. The predicted octanol–water partition coefficient (Wildman–Crippen LogP) is 0.0983. The summed E-state index contributed by atoms with van der Waals surface area (Å²) < 4.78 is 21.3. The smallest absolute Gasteiger partial charge is 0.280 e. The minimum absolute atomic E-state index is 0.0413. The number of rotatable bonds is 2. The summed E-state index contributed by atoms with van der Waals surface area (Å²) in [6.45, 7) is 3.43. The quantitative estimate of drug-likeness (QED) is 0.723. The summed E-state index contributed by atoms with van der Waals surface area (Å²) in [6.07, 6.45) is -2.34. The standard InChI is InChI=1S/C12H16FN5O3/c1-3-12(2)7(19)5(13)10(21-12)18-4-15-6-8(18)16-11(14)17-9(6)20/h4-5,7,10,19H,3H2,1-2H3,(H3,14,16,17,20). The van der Waals surface area contributed by atoms with Gasteiger partial charge in [0.1, 0.15) is 6.10 Å². The SMILES string of the molecule is CCC1(C)OC(n2cnc3c(=O)[nH]c(N)nc32)C(F)C1O. The molecule has 0 spiro atoms. The van der Waals surface area contributed by atoms with Crippen LogP contribution in [0.2, 0.25) is 0 Å². The molecule has 9 heteroatoms. The molecule has 0 aliphatic carbocycles. The van der Waals surface area contributed by atoms with Gasteiger partial charge in [-0.25, -0.2) is 9.37 Å². The minimum atomic E-state index is -1.66. The van der Waals surface area contributed by atoms with Crippen LogP contribution in [0.1, 0.15) is 26.5 Å². The molecular formula is C12H16FN5O3. The monoisotopic (exact) mass is 297 g/mol. The number of aliphatic hydroxyl groups excluding tert-OH is 1. The Labute approximate surface area is 118 Å². The second kappa shape index (κ2) is 4.50. The maximum atomic E-state index is 14.4. The lowest BCUT2D eigenvalue weighted by Crippen LogP contribution is -2.38. The number of alkyl halides is 1. The van der Waals surface area contributed by atoms with Crippen LogP contribution in [0.3, 0.4) is 0 Å². The van der Waals surface area contributed by atoms with Gasteiger partial charge in [-0.3, -0.25) is 14.3 Å². The number of halogens is 1. The average Bonchev–Trinajstić information content (AvgIpc) is 2.95. The number of H-pyrrole nitrogens is 1. The molecule has 0 bridgehead atoms. The van der Waals surface area contributed by atoms with Crippen LogP contribution in [0.25, 0.3) is 11.2 Å². The van der Waals surface area contributed by atoms with Gasteiger partial charge in [-0.2, -0.15) is 4.98 Å². The van der Waals surface area contributed by atoms with Crippen molar-refractivity contribution in [1.29, 1.82) is 0 Å². The Hall–Kier alpha value is -2.00. The summed E-state index contributed by atoms with van der Waals surface area (Å²) in [5.41, 5.74) is 4.15. The molecule has 2 aromatic rings. The van der Waals surface area contributed by atoms with Gasteiger partial charge in [-0.05, 0) is 13.3 Å². The normalized spacial score (nSPS) is 32.9. The highest BCUT2D eigenvalue weighted by Crippen LogP contribution is 2.41. The summed E-state index contributed by atoms with van der Waals surface area (Å²) in [4.78, 5) is 21.9. The molecule has 1 aliphatic rings. The van der Waals surface area contributed by atoms with Crippen molar-refractivity contribution in [3.05, 3.63) is 16.7 Å². The minimum Gasteiger partial charge on any atom is -0.387 e. The van der Waals surface area contributed by atoms with Gasteiger partial charge in [0.05, 0.1) is 11.9 Å². The first-order valence-corrected chi connectivity index (χ1v) is 6.59. The number of hydrogen-bond donors (Lipinski definition) is 3. The van der Waals surface area contributed by atoms with Gasteiger partial charge in [0.15, 0.2) is 23.6 Å². The van der Waals surface area contributed by atoms with Crippen molar-refractivity contribution in [2.24, 2.45) is 0 Å². The molecule has 3 rings (SSSR count). The highest BCUT2D eigenvalue weighted by Gasteiger charge is 2.52. The highest BCUT2D eigenvalue weighted by atomic mass is 19.1. The van der Waals surface area contributed by atoms with Crippen LogP contribution in [0.5, 0.6) is 0 Å². The molecule has 8 nitrogen and oxygen atoms in total. The van der Waals surface area contributed by atoms with E-state index >= 15 is 0 Å². The number of aliphatic hydroxyl groups is 1. The van der Waals surface area contributed by atoms with Crippen LogP contribution in [-0.2, 0) is 4.74 Å². The molecule has 4 atom stereocenters. The zero-order chi connectivity index (χ0) is 15.4. The summed E-state index contributed by atoms with van der Waals surface area (Å²) in [5, 5.41) is 10.0. The maximum absolute atomic E-state index is 14.4. The van der Waals surface area contributed by atoms with E-state index < -0.39 is 29.7 Å². The number of aromatic nitrogens is 4. The molecule has 1 aliphatic heterocycles. The van der Waals surface area contributed by atoms with Gasteiger partial charge < -0.3 is 15.6 Å². The number of nitrogens with zero attached hydrogens (tertiary/aromatic N) is 3. The Morgan fingerprint density at radius 1 is 1.67 bits per heavy atom. The number of nitrogen functional groups attached to an aromatic ring is 1. The van der Waals surface area contributed by atoms with Crippen molar-refractivity contribution in [2.75, 3.05) is 5.73 Å². The van der Waals surface area contributed by atoms with Gasteiger partial charge in [0.25, 0.3) is 5.56 Å². The molecule has 0 amide bonds. The average molecular weight is 297 g/mol. The molecule has 4 N–H and O–H groups in total. The molecule has 1 saturated heterocycles. The van der Waals surface area contributed by atoms with E-state index in [-0.39, 0.29) is 17.1 Å². The molecule has 0 aromatic carbocycles. The fraction of sp³-hybridized carbons (Fsp3) is 0.583. The van der Waals surface area contributed by atoms with Crippen LogP contribution in [0, 0.1) is 0 Å². The first kappa shape index (κ1) is 14.0.